The number of carbonyl (C=O) groups excluding carboxylic acids is 1. The first-order chi connectivity index (χ1) is 9.63. The van der Waals surface area contributed by atoms with Crippen LogP contribution in [-0.2, 0) is 12.8 Å². The van der Waals surface area contributed by atoms with Gasteiger partial charge in [0.25, 0.3) is 5.91 Å². The highest BCUT2D eigenvalue weighted by Gasteiger charge is 2.23. The van der Waals surface area contributed by atoms with E-state index < -0.39 is 0 Å². The van der Waals surface area contributed by atoms with Crippen molar-refractivity contribution in [2.75, 3.05) is 0 Å². The van der Waals surface area contributed by atoms with Crippen LogP contribution in [0, 0.1) is 6.92 Å². The number of nitrogens with one attached hydrogen (secondary N) is 1. The Labute approximate surface area is 118 Å². The van der Waals surface area contributed by atoms with Gasteiger partial charge in [-0.05, 0) is 48.6 Å². The van der Waals surface area contributed by atoms with Gasteiger partial charge in [0.2, 0.25) is 0 Å². The molecular formula is C17H17NO2. The maximum Gasteiger partial charge on any atom is 0.255 e. The van der Waals surface area contributed by atoms with Crippen molar-refractivity contribution in [1.29, 1.82) is 0 Å². The normalized spacial score (nSPS) is 14.1. The minimum atomic E-state index is -0.208. The molecule has 3 rings (SSSR count). The van der Waals surface area contributed by atoms with Crippen LogP contribution in [0.15, 0.2) is 42.5 Å². The smallest absolute Gasteiger partial charge is 0.255 e. The van der Waals surface area contributed by atoms with Crippen LogP contribution in [0.1, 0.15) is 27.0 Å². The average Bonchev–Trinajstić information content (AvgIpc) is 2.80. The van der Waals surface area contributed by atoms with Crippen LogP contribution in [0.5, 0.6) is 5.75 Å². The zero-order valence-electron chi connectivity index (χ0n) is 11.4. The Bertz CT molecular complexity index is 639. The summed E-state index contributed by atoms with van der Waals surface area (Å²) in [6.07, 6.45) is 1.71. The molecule has 0 atom stereocenters. The van der Waals surface area contributed by atoms with Crippen molar-refractivity contribution in [2.45, 2.75) is 25.8 Å². The van der Waals surface area contributed by atoms with Gasteiger partial charge in [0.1, 0.15) is 5.75 Å². The molecule has 1 aliphatic carbocycles. The Balaban J connectivity index is 1.72. The Morgan fingerprint density at radius 2 is 1.80 bits per heavy atom. The summed E-state index contributed by atoms with van der Waals surface area (Å²) in [4.78, 5) is 12.2. The lowest BCUT2D eigenvalue weighted by Gasteiger charge is -2.13. The molecule has 102 valence electrons. The van der Waals surface area contributed by atoms with Gasteiger partial charge in [-0.15, -0.1) is 0 Å². The van der Waals surface area contributed by atoms with Gasteiger partial charge >= 0.3 is 0 Å². The van der Waals surface area contributed by atoms with Crippen molar-refractivity contribution in [3.05, 3.63) is 64.7 Å². The lowest BCUT2D eigenvalue weighted by atomic mass is 10.1. The summed E-state index contributed by atoms with van der Waals surface area (Å²) < 4.78 is 0. The predicted molar refractivity (Wildman–Crippen MR) is 77.9 cm³/mol. The van der Waals surface area contributed by atoms with Gasteiger partial charge in [0.15, 0.2) is 0 Å². The van der Waals surface area contributed by atoms with Crippen LogP contribution in [0.25, 0.3) is 0 Å². The van der Waals surface area contributed by atoms with Crippen molar-refractivity contribution in [1.82, 2.24) is 5.32 Å². The quantitative estimate of drug-likeness (QED) is 0.878. The molecule has 1 amide bonds. The SMILES string of the molecule is Cc1ccc(C(=O)NC2Cc3ccccc3C2)c(O)c1. The van der Waals surface area contributed by atoms with Gasteiger partial charge in [0.05, 0.1) is 5.56 Å². The van der Waals surface area contributed by atoms with E-state index in [9.17, 15) is 9.90 Å². The number of hydrogen-bond acceptors (Lipinski definition) is 2. The summed E-state index contributed by atoms with van der Waals surface area (Å²) in [7, 11) is 0. The fourth-order valence-electron chi connectivity index (χ4n) is 2.76. The van der Waals surface area contributed by atoms with Crippen molar-refractivity contribution in [2.24, 2.45) is 0 Å². The molecule has 3 nitrogen and oxygen atoms in total. The Hall–Kier alpha value is -2.29. The van der Waals surface area contributed by atoms with Crippen molar-refractivity contribution in [3.8, 4) is 5.75 Å². The fourth-order valence-corrected chi connectivity index (χ4v) is 2.76. The minimum absolute atomic E-state index is 0.0398. The van der Waals surface area contributed by atoms with E-state index in [1.165, 1.54) is 11.1 Å². The first-order valence-corrected chi connectivity index (χ1v) is 6.81. The lowest BCUT2D eigenvalue weighted by Crippen LogP contribution is -2.35. The molecule has 0 heterocycles. The first kappa shape index (κ1) is 12.7. The molecule has 0 aliphatic heterocycles. The number of aryl methyl sites for hydroxylation is 1. The van der Waals surface area contributed by atoms with Gasteiger partial charge in [-0.2, -0.15) is 0 Å². The number of benzene rings is 2. The van der Waals surface area contributed by atoms with E-state index in [0.29, 0.717) is 5.56 Å². The number of fused-ring (bicyclic) bond motifs is 1. The third kappa shape index (κ3) is 2.39. The number of hydrogen-bond donors (Lipinski definition) is 2. The molecule has 0 aromatic heterocycles. The molecule has 0 fully saturated rings. The van der Waals surface area contributed by atoms with E-state index in [-0.39, 0.29) is 17.7 Å². The number of phenolic OH excluding ortho intramolecular Hbond substituents is 1. The lowest BCUT2D eigenvalue weighted by molar-refractivity contribution is 0.0936. The first-order valence-electron chi connectivity index (χ1n) is 6.81. The number of amides is 1. The zero-order valence-corrected chi connectivity index (χ0v) is 11.4. The molecule has 0 spiro atoms. The molecule has 2 aromatic carbocycles. The van der Waals surface area contributed by atoms with E-state index in [4.69, 9.17) is 0 Å². The molecule has 0 bridgehead atoms. The topological polar surface area (TPSA) is 49.3 Å². The number of carbonyl (C=O) groups is 1. The van der Waals surface area contributed by atoms with E-state index in [1.807, 2.05) is 25.1 Å². The summed E-state index contributed by atoms with van der Waals surface area (Å²) in [6.45, 7) is 1.88. The Morgan fingerprint density at radius 1 is 1.15 bits per heavy atom. The third-order valence-electron chi connectivity index (χ3n) is 3.78. The summed E-state index contributed by atoms with van der Waals surface area (Å²) in [5.74, 6) is -0.168. The number of phenols is 1. The molecule has 0 unspecified atom stereocenters. The summed E-state index contributed by atoms with van der Waals surface area (Å²) >= 11 is 0. The largest absolute Gasteiger partial charge is 0.507 e. The second kappa shape index (κ2) is 5.00. The van der Waals surface area contributed by atoms with E-state index in [2.05, 4.69) is 17.4 Å². The van der Waals surface area contributed by atoms with Crippen molar-refractivity contribution < 1.29 is 9.90 Å². The van der Waals surface area contributed by atoms with Crippen LogP contribution in [0.3, 0.4) is 0 Å². The highest BCUT2D eigenvalue weighted by atomic mass is 16.3. The summed E-state index contributed by atoms with van der Waals surface area (Å²) in [6, 6.07) is 13.5. The van der Waals surface area contributed by atoms with Crippen LogP contribution < -0.4 is 5.32 Å². The van der Waals surface area contributed by atoms with Gasteiger partial charge in [-0.1, -0.05) is 30.3 Å². The predicted octanol–water partition coefficient (Wildman–Crippen LogP) is 2.60. The highest BCUT2D eigenvalue weighted by molar-refractivity contribution is 5.97. The summed E-state index contributed by atoms with van der Waals surface area (Å²) in [5.41, 5.74) is 3.87. The van der Waals surface area contributed by atoms with Crippen LogP contribution >= 0.6 is 0 Å². The fraction of sp³-hybridized carbons (Fsp3) is 0.235. The van der Waals surface area contributed by atoms with Crippen LogP contribution in [0.4, 0.5) is 0 Å². The minimum Gasteiger partial charge on any atom is -0.507 e. The standard InChI is InChI=1S/C17H17NO2/c1-11-6-7-15(16(19)8-11)17(20)18-14-9-12-4-2-3-5-13(12)10-14/h2-8,14,19H,9-10H2,1H3,(H,18,20). The number of rotatable bonds is 2. The molecule has 20 heavy (non-hydrogen) atoms. The highest BCUT2D eigenvalue weighted by Crippen LogP contribution is 2.23. The second-order valence-electron chi connectivity index (χ2n) is 5.37. The average molecular weight is 267 g/mol. The number of aromatic hydroxyl groups is 1. The molecule has 3 heteroatoms. The van der Waals surface area contributed by atoms with E-state index >= 15 is 0 Å². The van der Waals surface area contributed by atoms with Gasteiger partial charge in [-0.3, -0.25) is 4.79 Å². The maximum absolute atomic E-state index is 12.2. The Kier molecular flexibility index (Phi) is 3.18. The van der Waals surface area contributed by atoms with Gasteiger partial charge in [-0.25, -0.2) is 0 Å². The monoisotopic (exact) mass is 267 g/mol. The molecule has 2 aromatic rings. The molecule has 2 N–H and O–H groups in total. The second-order valence-corrected chi connectivity index (χ2v) is 5.37. The molecule has 0 saturated carbocycles. The molecule has 0 saturated heterocycles. The van der Waals surface area contributed by atoms with Crippen LogP contribution in [-0.4, -0.2) is 17.1 Å². The molecule has 1 aliphatic rings. The molecule has 0 radical (unpaired) electrons. The maximum atomic E-state index is 12.2. The third-order valence-corrected chi connectivity index (χ3v) is 3.78. The van der Waals surface area contributed by atoms with Gasteiger partial charge in [0, 0.05) is 6.04 Å². The van der Waals surface area contributed by atoms with Crippen molar-refractivity contribution >= 4 is 5.91 Å². The summed E-state index contributed by atoms with van der Waals surface area (Å²) in [5, 5.41) is 12.9. The van der Waals surface area contributed by atoms with Gasteiger partial charge < -0.3 is 10.4 Å². The van der Waals surface area contributed by atoms with Crippen molar-refractivity contribution in [3.63, 3.8) is 0 Å². The van der Waals surface area contributed by atoms with Crippen LogP contribution in [0.2, 0.25) is 0 Å². The Morgan fingerprint density at radius 3 is 2.40 bits per heavy atom. The zero-order chi connectivity index (χ0) is 14.1. The molecular weight excluding hydrogens is 250 g/mol. The van der Waals surface area contributed by atoms with E-state index in [1.54, 1.807) is 12.1 Å². The van der Waals surface area contributed by atoms with E-state index in [0.717, 1.165) is 18.4 Å².